The molecule has 0 saturated carbocycles. The van der Waals surface area contributed by atoms with Crippen molar-refractivity contribution in [2.75, 3.05) is 0 Å². The number of hydrogen-bond acceptors (Lipinski definition) is 1. The van der Waals surface area contributed by atoms with E-state index in [0.717, 1.165) is 6.42 Å². The first-order chi connectivity index (χ1) is 4.85. The molecule has 0 heterocycles. The van der Waals surface area contributed by atoms with Crippen molar-refractivity contribution in [3.63, 3.8) is 0 Å². The van der Waals surface area contributed by atoms with Crippen molar-refractivity contribution >= 4 is 15.9 Å². The number of rotatable bonds is 4. The Bertz CT molecular complexity index is 155. The van der Waals surface area contributed by atoms with Gasteiger partial charge >= 0.3 is 0 Å². The predicted molar refractivity (Wildman–Crippen MR) is 46.6 cm³/mol. The Morgan fingerprint density at radius 1 is 1.70 bits per heavy atom. The van der Waals surface area contributed by atoms with Crippen LogP contribution in [0.2, 0.25) is 0 Å². The van der Waals surface area contributed by atoms with Crippen molar-refractivity contribution in [2.45, 2.75) is 12.8 Å². The topological polar surface area (TPSA) is 23.8 Å². The molecule has 0 aliphatic rings. The van der Waals surface area contributed by atoms with Gasteiger partial charge in [0.1, 0.15) is 0 Å². The summed E-state index contributed by atoms with van der Waals surface area (Å²) >= 11 is 3.16. The molecule has 0 spiro atoms. The van der Waals surface area contributed by atoms with Gasteiger partial charge in [-0.1, -0.05) is 28.1 Å². The standard InChI is InChI=1S/C8H10BrN/c1-2-8(5-7-10)4-3-6-9/h2-3,6,8H,1,4-5H2/b6-3+. The summed E-state index contributed by atoms with van der Waals surface area (Å²) in [6, 6.07) is 2.11. The molecule has 0 aromatic rings. The summed E-state index contributed by atoms with van der Waals surface area (Å²) in [4.78, 5) is 1.81. The third kappa shape index (κ3) is 4.34. The lowest BCUT2D eigenvalue weighted by Crippen LogP contribution is -1.90. The van der Waals surface area contributed by atoms with E-state index in [9.17, 15) is 0 Å². The highest BCUT2D eigenvalue weighted by Crippen LogP contribution is 2.09. The Morgan fingerprint density at radius 3 is 2.80 bits per heavy atom. The number of nitrogens with zero attached hydrogens (tertiary/aromatic N) is 1. The monoisotopic (exact) mass is 199 g/mol. The molecular formula is C8H10BrN. The Balaban J connectivity index is 3.62. The summed E-state index contributed by atoms with van der Waals surface area (Å²) in [5.41, 5.74) is 0. The van der Waals surface area contributed by atoms with Crippen LogP contribution in [0.5, 0.6) is 0 Å². The van der Waals surface area contributed by atoms with Crippen LogP contribution in [0.4, 0.5) is 0 Å². The van der Waals surface area contributed by atoms with Gasteiger partial charge in [0.25, 0.3) is 0 Å². The van der Waals surface area contributed by atoms with E-state index in [-0.39, 0.29) is 0 Å². The number of nitriles is 1. The molecule has 0 fully saturated rings. The summed E-state index contributed by atoms with van der Waals surface area (Å²) in [5, 5.41) is 8.33. The summed E-state index contributed by atoms with van der Waals surface area (Å²) in [6.45, 7) is 3.63. The van der Waals surface area contributed by atoms with Gasteiger partial charge in [0.15, 0.2) is 0 Å². The second kappa shape index (κ2) is 6.57. The van der Waals surface area contributed by atoms with Gasteiger partial charge in [-0.3, -0.25) is 0 Å². The Morgan fingerprint density at radius 2 is 2.40 bits per heavy atom. The van der Waals surface area contributed by atoms with Crippen LogP contribution < -0.4 is 0 Å². The molecule has 2 heteroatoms. The van der Waals surface area contributed by atoms with Crippen molar-refractivity contribution in [1.29, 1.82) is 5.26 Å². The van der Waals surface area contributed by atoms with Crippen molar-refractivity contribution in [1.82, 2.24) is 0 Å². The molecule has 0 aromatic carbocycles. The zero-order valence-corrected chi connectivity index (χ0v) is 7.34. The van der Waals surface area contributed by atoms with Gasteiger partial charge in [-0.25, -0.2) is 0 Å². The van der Waals surface area contributed by atoms with Crippen molar-refractivity contribution < 1.29 is 0 Å². The zero-order chi connectivity index (χ0) is 7.82. The molecule has 0 rings (SSSR count). The van der Waals surface area contributed by atoms with Crippen LogP contribution in [0.3, 0.4) is 0 Å². The maximum absolute atomic E-state index is 8.33. The van der Waals surface area contributed by atoms with Gasteiger partial charge in [0, 0.05) is 6.42 Å². The van der Waals surface area contributed by atoms with Crippen LogP contribution in [0, 0.1) is 17.2 Å². The van der Waals surface area contributed by atoms with Crippen LogP contribution in [0.1, 0.15) is 12.8 Å². The first-order valence-electron chi connectivity index (χ1n) is 3.10. The van der Waals surface area contributed by atoms with E-state index in [0.29, 0.717) is 12.3 Å². The average Bonchev–Trinajstić information content (AvgIpc) is 1.98. The highest BCUT2D eigenvalue weighted by Gasteiger charge is 1.98. The number of allylic oxidation sites excluding steroid dienone is 2. The lowest BCUT2D eigenvalue weighted by atomic mass is 10.0. The number of halogens is 1. The van der Waals surface area contributed by atoms with Crippen LogP contribution in [-0.4, -0.2) is 0 Å². The normalized spacial score (nSPS) is 12.8. The van der Waals surface area contributed by atoms with Crippen LogP contribution in [0.25, 0.3) is 0 Å². The van der Waals surface area contributed by atoms with Crippen LogP contribution in [0.15, 0.2) is 23.7 Å². The SMILES string of the molecule is C=CC(CC#N)C/C=C/Br. The van der Waals surface area contributed by atoms with Gasteiger partial charge in [-0.15, -0.1) is 6.58 Å². The minimum Gasteiger partial charge on any atom is -0.198 e. The molecule has 0 aliphatic carbocycles. The fourth-order valence-corrected chi connectivity index (χ4v) is 0.822. The Kier molecular flexibility index (Phi) is 6.21. The molecule has 0 bridgehead atoms. The summed E-state index contributed by atoms with van der Waals surface area (Å²) in [5.74, 6) is 0.304. The van der Waals surface area contributed by atoms with E-state index < -0.39 is 0 Å². The van der Waals surface area contributed by atoms with E-state index in [2.05, 4.69) is 28.6 Å². The number of hydrogen-bond donors (Lipinski definition) is 0. The Labute approximate surface area is 70.2 Å². The average molecular weight is 200 g/mol. The molecule has 1 unspecified atom stereocenters. The maximum atomic E-state index is 8.33. The summed E-state index contributed by atoms with van der Waals surface area (Å²) in [6.07, 6.45) is 5.24. The van der Waals surface area contributed by atoms with Gasteiger partial charge < -0.3 is 0 Å². The van der Waals surface area contributed by atoms with E-state index in [1.54, 1.807) is 4.99 Å². The predicted octanol–water partition coefficient (Wildman–Crippen LogP) is 3.00. The highest BCUT2D eigenvalue weighted by molar-refractivity contribution is 9.11. The van der Waals surface area contributed by atoms with Crippen molar-refractivity contribution in [2.24, 2.45) is 5.92 Å². The van der Waals surface area contributed by atoms with E-state index in [1.165, 1.54) is 0 Å². The largest absolute Gasteiger partial charge is 0.198 e. The molecule has 10 heavy (non-hydrogen) atoms. The molecular weight excluding hydrogens is 190 g/mol. The minimum atomic E-state index is 0.304. The van der Waals surface area contributed by atoms with Crippen molar-refractivity contribution in [3.8, 4) is 6.07 Å². The first kappa shape index (κ1) is 9.45. The molecule has 0 aliphatic heterocycles. The molecule has 1 atom stereocenters. The van der Waals surface area contributed by atoms with E-state index in [1.807, 2.05) is 12.2 Å². The summed E-state index contributed by atoms with van der Waals surface area (Å²) < 4.78 is 0. The van der Waals surface area contributed by atoms with E-state index in [4.69, 9.17) is 5.26 Å². The summed E-state index contributed by atoms with van der Waals surface area (Å²) in [7, 11) is 0. The molecule has 0 amide bonds. The smallest absolute Gasteiger partial charge is 0.0628 e. The molecule has 0 N–H and O–H groups in total. The van der Waals surface area contributed by atoms with Gasteiger partial charge in [0.2, 0.25) is 0 Å². The van der Waals surface area contributed by atoms with E-state index >= 15 is 0 Å². The second-order valence-electron chi connectivity index (χ2n) is 1.96. The van der Waals surface area contributed by atoms with Gasteiger partial charge in [-0.2, -0.15) is 5.26 Å². The molecule has 1 nitrogen and oxygen atoms in total. The first-order valence-corrected chi connectivity index (χ1v) is 4.01. The highest BCUT2D eigenvalue weighted by atomic mass is 79.9. The third-order valence-electron chi connectivity index (χ3n) is 1.21. The van der Waals surface area contributed by atoms with Gasteiger partial charge in [-0.05, 0) is 17.3 Å². The van der Waals surface area contributed by atoms with Crippen molar-refractivity contribution in [3.05, 3.63) is 23.7 Å². The Hall–Kier alpha value is -0.550. The lowest BCUT2D eigenvalue weighted by Gasteiger charge is -2.01. The van der Waals surface area contributed by atoms with Crippen LogP contribution >= 0.6 is 15.9 Å². The third-order valence-corrected chi connectivity index (χ3v) is 1.59. The zero-order valence-electron chi connectivity index (χ0n) is 5.76. The molecule has 0 saturated heterocycles. The quantitative estimate of drug-likeness (QED) is 0.640. The van der Waals surface area contributed by atoms with Crippen LogP contribution in [-0.2, 0) is 0 Å². The second-order valence-corrected chi connectivity index (χ2v) is 2.48. The van der Waals surface area contributed by atoms with Gasteiger partial charge in [0.05, 0.1) is 6.07 Å². The molecule has 0 aromatic heterocycles. The minimum absolute atomic E-state index is 0.304. The molecule has 54 valence electrons. The lowest BCUT2D eigenvalue weighted by molar-refractivity contribution is 0.684. The fraction of sp³-hybridized carbons (Fsp3) is 0.375. The maximum Gasteiger partial charge on any atom is 0.0628 e. The molecule has 0 radical (unpaired) electrons. The fourth-order valence-electron chi connectivity index (χ4n) is 0.606.